The highest BCUT2D eigenvalue weighted by Gasteiger charge is 2.41. The Morgan fingerprint density at radius 2 is 1.68 bits per heavy atom. The summed E-state index contributed by atoms with van der Waals surface area (Å²) in [6.45, 7) is 1.91. The molecule has 3 rings (SSSR count). The molecule has 0 aromatic heterocycles. The van der Waals surface area contributed by atoms with Gasteiger partial charge in [0.25, 0.3) is 0 Å². The number of nitrogens with zero attached hydrogens (tertiary/aromatic N) is 1. The molecule has 0 bridgehead atoms. The molecule has 22 heavy (non-hydrogen) atoms. The van der Waals surface area contributed by atoms with Crippen molar-refractivity contribution in [1.82, 2.24) is 0 Å². The topological polar surface area (TPSA) is 60.2 Å². The monoisotopic (exact) mass is 293 g/mol. The third-order valence-corrected chi connectivity index (χ3v) is 4.20. The van der Waals surface area contributed by atoms with E-state index in [0.29, 0.717) is 11.1 Å². The molecule has 0 fully saturated rings. The molecule has 0 amide bonds. The molecule has 2 aromatic carbocycles. The Labute approximate surface area is 128 Å². The van der Waals surface area contributed by atoms with Gasteiger partial charge in [-0.1, -0.05) is 48.5 Å². The predicted octanol–water partition coefficient (Wildman–Crippen LogP) is 3.69. The van der Waals surface area contributed by atoms with Gasteiger partial charge in [0.1, 0.15) is 6.29 Å². The number of benzene rings is 2. The Kier molecular flexibility index (Phi) is 3.59. The maximum Gasteiger partial charge on any atom is 0.249 e. The lowest BCUT2D eigenvalue weighted by atomic mass is 9.75. The lowest BCUT2D eigenvalue weighted by molar-refractivity contribution is -0.532. The summed E-state index contributed by atoms with van der Waals surface area (Å²) in [7, 11) is 0. The first kappa shape index (κ1) is 14.2. The number of carbonyl (C=O) groups is 1. The van der Waals surface area contributed by atoms with Gasteiger partial charge in [-0.2, -0.15) is 0 Å². The van der Waals surface area contributed by atoms with Crippen molar-refractivity contribution in [3.8, 4) is 0 Å². The zero-order valence-corrected chi connectivity index (χ0v) is 12.1. The third kappa shape index (κ3) is 2.22. The second kappa shape index (κ2) is 5.56. The lowest BCUT2D eigenvalue weighted by Crippen LogP contribution is -2.25. The molecule has 1 aliphatic carbocycles. The van der Waals surface area contributed by atoms with Gasteiger partial charge in [0.2, 0.25) is 6.04 Å². The normalized spacial score (nSPS) is 20.0. The van der Waals surface area contributed by atoms with Crippen LogP contribution >= 0.6 is 0 Å². The highest BCUT2D eigenvalue weighted by molar-refractivity contribution is 5.86. The molecular weight excluding hydrogens is 278 g/mol. The van der Waals surface area contributed by atoms with Crippen molar-refractivity contribution in [2.45, 2.75) is 18.9 Å². The van der Waals surface area contributed by atoms with E-state index in [1.54, 1.807) is 18.2 Å². The van der Waals surface area contributed by atoms with Gasteiger partial charge < -0.3 is 0 Å². The first-order valence-electron chi connectivity index (χ1n) is 7.08. The molecule has 0 spiro atoms. The summed E-state index contributed by atoms with van der Waals surface area (Å²) in [6.07, 6.45) is 2.50. The molecule has 0 heterocycles. The fourth-order valence-corrected chi connectivity index (χ4v) is 3.17. The third-order valence-electron chi connectivity index (χ3n) is 4.20. The van der Waals surface area contributed by atoms with Gasteiger partial charge in [-0.15, -0.1) is 0 Å². The van der Waals surface area contributed by atoms with Gasteiger partial charge in [-0.3, -0.25) is 14.9 Å². The summed E-state index contributed by atoms with van der Waals surface area (Å²) < 4.78 is 0. The van der Waals surface area contributed by atoms with Crippen molar-refractivity contribution in [2.24, 2.45) is 0 Å². The Hall–Kier alpha value is -2.75. The van der Waals surface area contributed by atoms with E-state index in [1.165, 1.54) is 0 Å². The van der Waals surface area contributed by atoms with Crippen molar-refractivity contribution in [1.29, 1.82) is 0 Å². The number of fused-ring (bicyclic) bond motifs is 1. The van der Waals surface area contributed by atoms with Crippen LogP contribution in [-0.4, -0.2) is 11.2 Å². The lowest BCUT2D eigenvalue weighted by Gasteiger charge is -2.28. The quantitative estimate of drug-likeness (QED) is 0.492. The Bertz CT molecular complexity index is 779. The summed E-state index contributed by atoms with van der Waals surface area (Å²) in [5, 5.41) is 11.7. The average molecular weight is 293 g/mol. The predicted molar refractivity (Wildman–Crippen MR) is 84.1 cm³/mol. The van der Waals surface area contributed by atoms with Crippen molar-refractivity contribution >= 4 is 12.4 Å². The number of hydrogen-bond acceptors (Lipinski definition) is 3. The van der Waals surface area contributed by atoms with Crippen molar-refractivity contribution in [3.63, 3.8) is 0 Å². The summed E-state index contributed by atoms with van der Waals surface area (Å²) >= 11 is 0. The van der Waals surface area contributed by atoms with Crippen molar-refractivity contribution in [3.05, 3.63) is 86.5 Å². The van der Waals surface area contributed by atoms with Crippen molar-refractivity contribution < 1.29 is 9.72 Å². The molecule has 2 atom stereocenters. The van der Waals surface area contributed by atoms with E-state index in [2.05, 4.69) is 0 Å². The Morgan fingerprint density at radius 1 is 1.05 bits per heavy atom. The van der Waals surface area contributed by atoms with Gasteiger partial charge >= 0.3 is 0 Å². The van der Waals surface area contributed by atoms with Crippen LogP contribution in [-0.2, 0) is 4.79 Å². The van der Waals surface area contributed by atoms with E-state index in [0.717, 1.165) is 23.0 Å². The van der Waals surface area contributed by atoms with E-state index in [1.807, 2.05) is 43.3 Å². The first-order valence-corrected chi connectivity index (χ1v) is 7.08. The molecule has 0 saturated heterocycles. The Morgan fingerprint density at radius 3 is 2.32 bits per heavy atom. The fraction of sp³-hybridized carbons (Fsp3) is 0.167. The summed E-state index contributed by atoms with van der Waals surface area (Å²) in [5.41, 5.74) is 3.64. The molecule has 0 radical (unpaired) electrons. The maximum atomic E-state index is 11.7. The van der Waals surface area contributed by atoms with Crippen LogP contribution in [0.3, 0.4) is 0 Å². The average Bonchev–Trinajstić information content (AvgIpc) is 2.53. The zero-order chi connectivity index (χ0) is 15.7. The number of nitro groups is 1. The van der Waals surface area contributed by atoms with Crippen LogP contribution in [0, 0.1) is 17.0 Å². The van der Waals surface area contributed by atoms with Crippen LogP contribution in [0.1, 0.15) is 34.2 Å². The zero-order valence-electron chi connectivity index (χ0n) is 12.1. The molecule has 110 valence electrons. The smallest absolute Gasteiger partial charge is 0.249 e. The minimum atomic E-state index is -0.942. The number of aryl methyl sites for hydroxylation is 1. The molecule has 1 aliphatic rings. The van der Waals surface area contributed by atoms with Gasteiger partial charge in [-0.25, -0.2) is 0 Å². The Balaban J connectivity index is 2.26. The van der Waals surface area contributed by atoms with Gasteiger partial charge in [0, 0.05) is 16.1 Å². The largest absolute Gasteiger partial charge is 0.298 e. The minimum Gasteiger partial charge on any atom is -0.298 e. The standard InChI is InChI=1S/C18H15NO3/c1-12-6-2-4-8-15(12)17-14(11-20)10-13-7-3-5-9-16(13)18(17)19(21)22/h2-11,17-18H,1H3/t17-,18+/m0/s1. The van der Waals surface area contributed by atoms with Crippen LogP contribution < -0.4 is 0 Å². The molecule has 0 unspecified atom stereocenters. The van der Waals surface area contributed by atoms with E-state index < -0.39 is 12.0 Å². The molecule has 0 N–H and O–H groups in total. The van der Waals surface area contributed by atoms with Gasteiger partial charge in [0.05, 0.1) is 5.92 Å². The maximum absolute atomic E-state index is 11.7. The molecule has 0 aliphatic heterocycles. The SMILES string of the molecule is Cc1ccccc1[C@@H]1C(C=O)=Cc2ccccc2[C@H]1[N+](=O)[O-]. The fourth-order valence-electron chi connectivity index (χ4n) is 3.17. The van der Waals surface area contributed by atoms with Crippen molar-refractivity contribution in [2.75, 3.05) is 0 Å². The molecule has 4 heteroatoms. The highest BCUT2D eigenvalue weighted by Crippen LogP contribution is 2.44. The first-order chi connectivity index (χ1) is 10.6. The number of rotatable bonds is 3. The molecular formula is C18H15NO3. The molecule has 4 nitrogen and oxygen atoms in total. The molecule has 2 aromatic rings. The van der Waals surface area contributed by atoms with E-state index in [4.69, 9.17) is 0 Å². The second-order valence-electron chi connectivity index (χ2n) is 5.46. The minimum absolute atomic E-state index is 0.285. The molecule has 0 saturated carbocycles. The van der Waals surface area contributed by atoms with E-state index in [-0.39, 0.29) is 4.92 Å². The van der Waals surface area contributed by atoms with Gasteiger partial charge in [0.15, 0.2) is 0 Å². The summed E-state index contributed by atoms with van der Waals surface area (Å²) in [5.74, 6) is -0.552. The number of hydrogen-bond donors (Lipinski definition) is 0. The van der Waals surface area contributed by atoms with Crippen LogP contribution in [0.4, 0.5) is 0 Å². The van der Waals surface area contributed by atoms with Crippen LogP contribution in [0.2, 0.25) is 0 Å². The number of aldehydes is 1. The van der Waals surface area contributed by atoms with Crippen LogP contribution in [0.15, 0.2) is 54.1 Å². The van der Waals surface area contributed by atoms with E-state index in [9.17, 15) is 14.9 Å². The van der Waals surface area contributed by atoms with E-state index >= 15 is 0 Å². The highest BCUT2D eigenvalue weighted by atomic mass is 16.6. The second-order valence-corrected chi connectivity index (χ2v) is 5.46. The summed E-state index contributed by atoms with van der Waals surface area (Å²) in [4.78, 5) is 23.0. The number of carbonyl (C=O) groups excluding carboxylic acids is 1. The van der Waals surface area contributed by atoms with Gasteiger partial charge in [-0.05, 0) is 29.7 Å². The van der Waals surface area contributed by atoms with Crippen LogP contribution in [0.5, 0.6) is 0 Å². The van der Waals surface area contributed by atoms with Crippen LogP contribution in [0.25, 0.3) is 6.08 Å². The summed E-state index contributed by atoms with van der Waals surface area (Å²) in [6, 6.07) is 13.8.